The fourth-order valence-corrected chi connectivity index (χ4v) is 3.69. The molecule has 0 saturated heterocycles. The first-order chi connectivity index (χ1) is 12.0. The van der Waals surface area contributed by atoms with Crippen molar-refractivity contribution < 1.29 is 19.0 Å². The monoisotopic (exact) mass is 344 g/mol. The van der Waals surface area contributed by atoms with Gasteiger partial charge < -0.3 is 14.2 Å². The van der Waals surface area contributed by atoms with E-state index in [1.54, 1.807) is 27.4 Å². The molecule has 3 atom stereocenters. The van der Waals surface area contributed by atoms with Crippen molar-refractivity contribution in [1.29, 1.82) is 0 Å². The number of rotatable bonds is 8. The zero-order valence-corrected chi connectivity index (χ0v) is 15.6. The molecule has 136 valence electrons. The van der Waals surface area contributed by atoms with E-state index in [9.17, 15) is 4.79 Å². The smallest absolute Gasteiger partial charge is 0.162 e. The van der Waals surface area contributed by atoms with Crippen LogP contribution in [-0.4, -0.2) is 33.2 Å². The standard InChI is InChI=1S/C21H28O4/c1-6-11-21(14-17(23-3)8-10-20(21)22)15(2)12-16-7-9-18(24-4)19(13-16)25-5/h6-10,13,15,17H,1,11-12,14H2,2-5H3/t15-,17+,21-/m1/s1. The second-order valence-electron chi connectivity index (χ2n) is 6.65. The van der Waals surface area contributed by atoms with E-state index in [0.29, 0.717) is 24.3 Å². The Labute approximate surface area is 150 Å². The lowest BCUT2D eigenvalue weighted by atomic mass is 9.63. The van der Waals surface area contributed by atoms with Gasteiger partial charge in [0.1, 0.15) is 0 Å². The van der Waals surface area contributed by atoms with E-state index in [2.05, 4.69) is 13.5 Å². The van der Waals surface area contributed by atoms with Gasteiger partial charge in [0, 0.05) is 12.5 Å². The maximum absolute atomic E-state index is 12.8. The SMILES string of the molecule is C=CC[C@]1([C@H](C)Cc2ccc(OC)c(OC)c2)C[C@@H](OC)C=CC1=O. The summed E-state index contributed by atoms with van der Waals surface area (Å²) in [5.74, 6) is 1.71. The number of hydrogen-bond acceptors (Lipinski definition) is 4. The van der Waals surface area contributed by atoms with Gasteiger partial charge in [0.2, 0.25) is 0 Å². The Balaban J connectivity index is 2.29. The molecule has 0 aromatic heterocycles. The molecule has 4 nitrogen and oxygen atoms in total. The molecule has 25 heavy (non-hydrogen) atoms. The molecule has 0 heterocycles. The van der Waals surface area contributed by atoms with Crippen LogP contribution in [0.4, 0.5) is 0 Å². The molecule has 1 aliphatic carbocycles. The minimum atomic E-state index is -0.482. The largest absolute Gasteiger partial charge is 0.493 e. The Kier molecular flexibility index (Phi) is 6.43. The number of carbonyl (C=O) groups excluding carboxylic acids is 1. The van der Waals surface area contributed by atoms with Crippen molar-refractivity contribution in [3.8, 4) is 11.5 Å². The van der Waals surface area contributed by atoms with Crippen molar-refractivity contribution in [2.75, 3.05) is 21.3 Å². The average Bonchev–Trinajstić information content (AvgIpc) is 2.63. The first-order valence-electron chi connectivity index (χ1n) is 8.58. The minimum Gasteiger partial charge on any atom is -0.493 e. The van der Waals surface area contributed by atoms with E-state index < -0.39 is 5.41 Å². The molecule has 0 fully saturated rings. The summed E-state index contributed by atoms with van der Waals surface area (Å²) < 4.78 is 16.2. The molecule has 1 aromatic rings. The number of ether oxygens (including phenoxy) is 3. The van der Waals surface area contributed by atoms with E-state index in [1.807, 2.05) is 30.4 Å². The molecule has 1 aromatic carbocycles. The number of hydrogen-bond donors (Lipinski definition) is 0. The molecule has 4 heteroatoms. The Bertz CT molecular complexity index is 649. The van der Waals surface area contributed by atoms with Gasteiger partial charge in [-0.25, -0.2) is 0 Å². The van der Waals surface area contributed by atoms with Crippen LogP contribution < -0.4 is 9.47 Å². The molecule has 0 radical (unpaired) electrons. The molecule has 0 N–H and O–H groups in total. The second kappa shape index (κ2) is 8.34. The lowest BCUT2D eigenvalue weighted by Crippen LogP contribution is -2.43. The van der Waals surface area contributed by atoms with Crippen LogP contribution in [0.15, 0.2) is 43.0 Å². The van der Waals surface area contributed by atoms with E-state index in [0.717, 1.165) is 12.0 Å². The highest BCUT2D eigenvalue weighted by Crippen LogP contribution is 2.43. The number of allylic oxidation sites excluding steroid dienone is 2. The summed E-state index contributed by atoms with van der Waals surface area (Å²) in [5, 5.41) is 0. The second-order valence-corrected chi connectivity index (χ2v) is 6.65. The predicted octanol–water partition coefficient (Wildman–Crippen LogP) is 3.99. The third kappa shape index (κ3) is 3.96. The molecule has 0 saturated carbocycles. The van der Waals surface area contributed by atoms with Gasteiger partial charge in [-0.3, -0.25) is 4.79 Å². The Hall–Kier alpha value is -2.07. The van der Waals surface area contributed by atoms with Crippen LogP contribution in [0.5, 0.6) is 11.5 Å². The van der Waals surface area contributed by atoms with Gasteiger partial charge in [-0.1, -0.05) is 25.1 Å². The molecule has 2 rings (SSSR count). The normalized spacial score (nSPS) is 24.0. The van der Waals surface area contributed by atoms with Gasteiger partial charge in [-0.05, 0) is 49.0 Å². The topological polar surface area (TPSA) is 44.8 Å². The molecule has 0 unspecified atom stereocenters. The third-order valence-electron chi connectivity index (χ3n) is 5.26. The van der Waals surface area contributed by atoms with Gasteiger partial charge in [0.15, 0.2) is 17.3 Å². The first-order valence-corrected chi connectivity index (χ1v) is 8.58. The minimum absolute atomic E-state index is 0.0366. The van der Waals surface area contributed by atoms with E-state index in [4.69, 9.17) is 14.2 Å². The van der Waals surface area contributed by atoms with Crippen LogP contribution in [-0.2, 0) is 16.0 Å². The third-order valence-corrected chi connectivity index (χ3v) is 5.26. The van der Waals surface area contributed by atoms with Crippen molar-refractivity contribution in [3.05, 3.63) is 48.6 Å². The van der Waals surface area contributed by atoms with Crippen LogP contribution in [0.2, 0.25) is 0 Å². The summed E-state index contributed by atoms with van der Waals surface area (Å²) in [6.07, 6.45) is 7.42. The quantitative estimate of drug-likeness (QED) is 0.669. The van der Waals surface area contributed by atoms with Crippen LogP contribution >= 0.6 is 0 Å². The highest BCUT2D eigenvalue weighted by molar-refractivity contribution is 5.96. The highest BCUT2D eigenvalue weighted by Gasteiger charge is 2.44. The molecule has 0 spiro atoms. The summed E-state index contributed by atoms with van der Waals surface area (Å²) in [4.78, 5) is 12.8. The lowest BCUT2D eigenvalue weighted by molar-refractivity contribution is -0.130. The van der Waals surface area contributed by atoms with Crippen molar-refractivity contribution in [2.45, 2.75) is 32.3 Å². The fraction of sp³-hybridized carbons (Fsp3) is 0.476. The molecular weight excluding hydrogens is 316 g/mol. The summed E-state index contributed by atoms with van der Waals surface area (Å²) in [7, 11) is 4.93. The van der Waals surface area contributed by atoms with Crippen LogP contribution in [0, 0.1) is 11.3 Å². The molecular formula is C21H28O4. The van der Waals surface area contributed by atoms with Gasteiger partial charge >= 0.3 is 0 Å². The zero-order chi connectivity index (χ0) is 18.4. The first kappa shape index (κ1) is 19.3. The predicted molar refractivity (Wildman–Crippen MR) is 99.2 cm³/mol. The zero-order valence-electron chi connectivity index (χ0n) is 15.6. The fourth-order valence-electron chi connectivity index (χ4n) is 3.69. The van der Waals surface area contributed by atoms with E-state index in [-0.39, 0.29) is 17.8 Å². The van der Waals surface area contributed by atoms with Gasteiger partial charge in [-0.2, -0.15) is 0 Å². The lowest BCUT2D eigenvalue weighted by Gasteiger charge is -2.40. The van der Waals surface area contributed by atoms with Crippen LogP contribution in [0.25, 0.3) is 0 Å². The average molecular weight is 344 g/mol. The summed E-state index contributed by atoms with van der Waals surface area (Å²) in [5.41, 5.74) is 0.634. The van der Waals surface area contributed by atoms with Gasteiger partial charge in [0.25, 0.3) is 0 Å². The van der Waals surface area contributed by atoms with E-state index in [1.165, 1.54) is 0 Å². The van der Waals surface area contributed by atoms with E-state index >= 15 is 0 Å². The summed E-state index contributed by atoms with van der Waals surface area (Å²) in [6, 6.07) is 5.91. The van der Waals surface area contributed by atoms with Crippen molar-refractivity contribution in [1.82, 2.24) is 0 Å². The molecule has 0 bridgehead atoms. The summed E-state index contributed by atoms with van der Waals surface area (Å²) >= 11 is 0. The number of ketones is 1. The highest BCUT2D eigenvalue weighted by atomic mass is 16.5. The van der Waals surface area contributed by atoms with Gasteiger partial charge in [0.05, 0.1) is 20.3 Å². The van der Waals surface area contributed by atoms with Crippen LogP contribution in [0.3, 0.4) is 0 Å². The van der Waals surface area contributed by atoms with Crippen molar-refractivity contribution >= 4 is 5.78 Å². The van der Waals surface area contributed by atoms with Crippen molar-refractivity contribution in [2.24, 2.45) is 11.3 Å². The number of carbonyl (C=O) groups is 1. The van der Waals surface area contributed by atoms with Crippen molar-refractivity contribution in [3.63, 3.8) is 0 Å². The number of benzene rings is 1. The molecule has 1 aliphatic rings. The molecule has 0 aliphatic heterocycles. The Morgan fingerprint density at radius 1 is 1.28 bits per heavy atom. The van der Waals surface area contributed by atoms with Crippen LogP contribution in [0.1, 0.15) is 25.3 Å². The summed E-state index contributed by atoms with van der Waals surface area (Å²) in [6.45, 7) is 6.00. The number of methoxy groups -OCH3 is 3. The Morgan fingerprint density at radius 3 is 2.60 bits per heavy atom. The Morgan fingerprint density at radius 2 is 2.00 bits per heavy atom. The maximum Gasteiger partial charge on any atom is 0.162 e. The maximum atomic E-state index is 12.8. The van der Waals surface area contributed by atoms with Gasteiger partial charge in [-0.15, -0.1) is 6.58 Å². The molecule has 0 amide bonds.